The van der Waals surface area contributed by atoms with Crippen LogP contribution in [0.25, 0.3) is 0 Å². The van der Waals surface area contributed by atoms with Crippen LogP contribution in [0.15, 0.2) is 55.6 Å². The van der Waals surface area contributed by atoms with Gasteiger partial charge in [0.1, 0.15) is 6.04 Å². The van der Waals surface area contributed by atoms with E-state index in [2.05, 4.69) is 13.2 Å². The van der Waals surface area contributed by atoms with Crippen molar-refractivity contribution in [2.24, 2.45) is 11.8 Å². The lowest BCUT2D eigenvalue weighted by atomic mass is 9.70. The van der Waals surface area contributed by atoms with Crippen molar-refractivity contribution in [2.75, 3.05) is 19.7 Å². The van der Waals surface area contributed by atoms with Crippen LogP contribution in [0.1, 0.15) is 52.5 Å². The Morgan fingerprint density at radius 3 is 2.41 bits per heavy atom. The van der Waals surface area contributed by atoms with Crippen molar-refractivity contribution in [3.05, 3.63) is 61.2 Å². The first-order valence-electron chi connectivity index (χ1n) is 14.0. The number of carbonyl (C=O) groups is 3. The molecule has 3 fully saturated rings. The van der Waals surface area contributed by atoms with Gasteiger partial charge in [-0.25, -0.2) is 0 Å². The fraction of sp³-hybridized carbons (Fsp3) is 0.581. The third-order valence-electron chi connectivity index (χ3n) is 8.60. The number of fused-ring (bicyclic) bond motifs is 1. The Morgan fingerprint density at radius 2 is 1.85 bits per heavy atom. The molecule has 6 atom stereocenters. The van der Waals surface area contributed by atoms with Crippen LogP contribution in [0.4, 0.5) is 0 Å². The van der Waals surface area contributed by atoms with Gasteiger partial charge in [0.05, 0.1) is 29.2 Å². The van der Waals surface area contributed by atoms with Crippen molar-refractivity contribution in [3.63, 3.8) is 0 Å². The minimum Gasteiger partial charge on any atom is -0.394 e. The summed E-state index contributed by atoms with van der Waals surface area (Å²) in [4.78, 5) is 48.2. The minimum absolute atomic E-state index is 0.0244. The van der Waals surface area contributed by atoms with E-state index in [1.807, 2.05) is 58.0 Å². The molecule has 0 aromatic heterocycles. The summed E-state index contributed by atoms with van der Waals surface area (Å²) in [6.07, 6.45) is 5.44. The predicted molar refractivity (Wildman–Crippen MR) is 156 cm³/mol. The molecule has 212 valence electrons. The molecule has 1 spiro atoms. The standard InChI is InChI=1S/C31H43N3O4S/c1-7-17-32(19-21-13-11-10-12-14-21)27(36)24-23-15-16-31(39-23)25(24)28(37)34(22(9-3)20-35)26(31)29(38)33(18-8-2)30(4,5)6/h7-8,10-14,22-26,35H,1-2,9,15-20H2,3-6H3/t22-,23-,24+,25-,26?,31?/m0/s1. The number of aliphatic hydroxyl groups is 1. The second kappa shape index (κ2) is 11.5. The van der Waals surface area contributed by atoms with E-state index in [0.717, 1.165) is 12.0 Å². The van der Waals surface area contributed by atoms with Crippen molar-refractivity contribution >= 4 is 29.5 Å². The van der Waals surface area contributed by atoms with Crippen LogP contribution in [0.2, 0.25) is 0 Å². The van der Waals surface area contributed by atoms with E-state index in [0.29, 0.717) is 32.5 Å². The van der Waals surface area contributed by atoms with E-state index in [1.54, 1.807) is 38.6 Å². The topological polar surface area (TPSA) is 81.2 Å². The third kappa shape index (κ3) is 5.06. The quantitative estimate of drug-likeness (QED) is 0.421. The zero-order chi connectivity index (χ0) is 28.5. The largest absolute Gasteiger partial charge is 0.394 e. The lowest BCUT2D eigenvalue weighted by Gasteiger charge is -2.43. The second-order valence-corrected chi connectivity index (χ2v) is 13.5. The maximum Gasteiger partial charge on any atom is 0.247 e. The monoisotopic (exact) mass is 553 g/mol. The van der Waals surface area contributed by atoms with Crippen LogP contribution in [0.5, 0.6) is 0 Å². The molecular weight excluding hydrogens is 510 g/mol. The van der Waals surface area contributed by atoms with Crippen molar-refractivity contribution in [2.45, 2.75) is 81.1 Å². The molecule has 3 amide bonds. The van der Waals surface area contributed by atoms with E-state index in [-0.39, 0.29) is 29.6 Å². The Hall–Kier alpha value is -2.58. The Bertz CT molecular complexity index is 1100. The summed E-state index contributed by atoms with van der Waals surface area (Å²) < 4.78 is -0.695. The lowest BCUT2D eigenvalue weighted by molar-refractivity contribution is -0.149. The van der Waals surface area contributed by atoms with Crippen molar-refractivity contribution in [3.8, 4) is 0 Å². The first-order chi connectivity index (χ1) is 18.5. The van der Waals surface area contributed by atoms with Gasteiger partial charge in [-0.2, -0.15) is 0 Å². The molecule has 0 aliphatic carbocycles. The number of benzene rings is 1. The molecule has 7 nitrogen and oxygen atoms in total. The van der Waals surface area contributed by atoms with E-state index < -0.39 is 34.2 Å². The van der Waals surface area contributed by atoms with Crippen LogP contribution in [-0.4, -0.2) is 84.8 Å². The Labute approximate surface area is 237 Å². The summed E-state index contributed by atoms with van der Waals surface area (Å²) in [6.45, 7) is 16.6. The highest BCUT2D eigenvalue weighted by atomic mass is 32.2. The molecule has 2 bridgehead atoms. The third-order valence-corrected chi connectivity index (χ3v) is 10.5. The molecule has 1 N–H and O–H groups in total. The fourth-order valence-corrected chi connectivity index (χ4v) is 9.03. The lowest BCUT2D eigenvalue weighted by Crippen LogP contribution is -2.60. The average Bonchev–Trinajstić information content (AvgIpc) is 3.55. The molecule has 4 rings (SSSR count). The molecule has 3 aliphatic heterocycles. The second-order valence-electron chi connectivity index (χ2n) is 11.9. The van der Waals surface area contributed by atoms with Gasteiger partial charge in [0, 0.05) is 30.4 Å². The van der Waals surface area contributed by atoms with Crippen LogP contribution < -0.4 is 0 Å². The SMILES string of the molecule is C=CCN(Cc1ccccc1)C(=O)[C@@H]1[C@@H]2CCC3(S2)C(C(=O)N(CC=C)C(C)(C)C)N([C@@H](CC)CO)C(=O)[C@H]13. The Morgan fingerprint density at radius 1 is 1.18 bits per heavy atom. The first-order valence-corrected chi connectivity index (χ1v) is 14.9. The number of hydrogen-bond donors (Lipinski definition) is 1. The van der Waals surface area contributed by atoms with Crippen molar-refractivity contribution in [1.29, 1.82) is 0 Å². The molecule has 0 radical (unpaired) electrons. The normalized spacial score (nSPS) is 28.2. The number of hydrogen-bond acceptors (Lipinski definition) is 5. The summed E-state index contributed by atoms with van der Waals surface area (Å²) in [5, 5.41) is 10.3. The molecule has 1 aromatic rings. The summed E-state index contributed by atoms with van der Waals surface area (Å²) in [5.74, 6) is -1.47. The molecule has 8 heteroatoms. The van der Waals surface area contributed by atoms with Crippen LogP contribution in [0, 0.1) is 11.8 Å². The fourth-order valence-electron chi connectivity index (χ4n) is 6.83. The van der Waals surface area contributed by atoms with Gasteiger partial charge in [-0.05, 0) is 45.6 Å². The minimum atomic E-state index is -0.735. The molecule has 2 unspecified atom stereocenters. The molecular formula is C31H43N3O4S. The maximum absolute atomic E-state index is 14.4. The smallest absolute Gasteiger partial charge is 0.247 e. The van der Waals surface area contributed by atoms with E-state index in [9.17, 15) is 19.5 Å². The van der Waals surface area contributed by atoms with Gasteiger partial charge >= 0.3 is 0 Å². The predicted octanol–water partition coefficient (Wildman–Crippen LogP) is 3.88. The van der Waals surface area contributed by atoms with Crippen LogP contribution in [0.3, 0.4) is 0 Å². The number of likely N-dealkylation sites (tertiary alicyclic amines) is 1. The van der Waals surface area contributed by atoms with E-state index in [4.69, 9.17) is 0 Å². The number of amides is 3. The number of rotatable bonds is 11. The summed E-state index contributed by atoms with van der Waals surface area (Å²) >= 11 is 1.67. The van der Waals surface area contributed by atoms with E-state index in [1.165, 1.54) is 0 Å². The zero-order valence-corrected chi connectivity index (χ0v) is 24.5. The van der Waals surface area contributed by atoms with Crippen molar-refractivity contribution < 1.29 is 19.5 Å². The highest BCUT2D eigenvalue weighted by molar-refractivity contribution is 8.02. The van der Waals surface area contributed by atoms with Gasteiger partial charge in [0.25, 0.3) is 0 Å². The van der Waals surface area contributed by atoms with Crippen molar-refractivity contribution in [1.82, 2.24) is 14.7 Å². The van der Waals surface area contributed by atoms with Gasteiger partial charge in [0.15, 0.2) is 0 Å². The summed E-state index contributed by atoms with van der Waals surface area (Å²) in [5.41, 5.74) is 0.532. The molecule has 3 heterocycles. The van der Waals surface area contributed by atoms with Gasteiger partial charge in [-0.15, -0.1) is 24.9 Å². The van der Waals surface area contributed by atoms with Crippen LogP contribution in [-0.2, 0) is 20.9 Å². The Balaban J connectivity index is 1.76. The molecule has 3 aliphatic rings. The zero-order valence-electron chi connectivity index (χ0n) is 23.7. The maximum atomic E-state index is 14.4. The first kappa shape index (κ1) is 29.4. The molecule has 39 heavy (non-hydrogen) atoms. The average molecular weight is 554 g/mol. The number of thioether (sulfide) groups is 1. The van der Waals surface area contributed by atoms with E-state index >= 15 is 0 Å². The van der Waals surface area contributed by atoms with Gasteiger partial charge in [-0.1, -0.05) is 49.4 Å². The number of carbonyl (C=O) groups excluding carboxylic acids is 3. The molecule has 1 aromatic carbocycles. The van der Waals surface area contributed by atoms with Gasteiger partial charge in [0.2, 0.25) is 17.7 Å². The van der Waals surface area contributed by atoms with Gasteiger partial charge < -0.3 is 19.8 Å². The molecule has 0 saturated carbocycles. The van der Waals surface area contributed by atoms with Crippen LogP contribution >= 0.6 is 11.8 Å². The summed E-state index contributed by atoms with van der Waals surface area (Å²) in [6, 6.07) is 8.61. The Kier molecular flexibility index (Phi) is 8.67. The highest BCUT2D eigenvalue weighted by Crippen LogP contribution is 2.67. The van der Waals surface area contributed by atoms with Gasteiger partial charge in [-0.3, -0.25) is 14.4 Å². The molecule has 3 saturated heterocycles. The number of aliphatic hydroxyl groups excluding tert-OH is 1. The number of nitrogens with zero attached hydrogens (tertiary/aromatic N) is 3. The summed E-state index contributed by atoms with van der Waals surface area (Å²) in [7, 11) is 0. The highest BCUT2D eigenvalue weighted by Gasteiger charge is 2.74.